The molecule has 23 heavy (non-hydrogen) atoms. The van der Waals surface area contributed by atoms with Crippen LogP contribution in [0.4, 0.5) is 4.39 Å². The van der Waals surface area contributed by atoms with Crippen LogP contribution in [0.3, 0.4) is 0 Å². The molecule has 0 aliphatic heterocycles. The Morgan fingerprint density at radius 1 is 1.43 bits per heavy atom. The number of alkyl halides is 1. The summed E-state index contributed by atoms with van der Waals surface area (Å²) >= 11 is 1.38. The monoisotopic (exact) mass is 335 g/mol. The van der Waals surface area contributed by atoms with Crippen molar-refractivity contribution in [2.45, 2.75) is 6.92 Å². The number of aromatic nitrogens is 3. The molecule has 0 aromatic carbocycles. The van der Waals surface area contributed by atoms with E-state index in [4.69, 9.17) is 9.47 Å². The molecule has 0 saturated carbocycles. The van der Waals surface area contributed by atoms with E-state index >= 15 is 0 Å². The topological polar surface area (TPSA) is 65.7 Å². The number of carbonyl (C=O) groups is 1. The molecular formula is C15H14FN3O3S. The molecule has 0 amide bonds. The smallest absolute Gasteiger partial charge is 0.342 e. The van der Waals surface area contributed by atoms with E-state index in [1.165, 1.54) is 17.5 Å². The first kappa shape index (κ1) is 15.4. The second-order valence-corrected chi connectivity index (χ2v) is 5.55. The summed E-state index contributed by atoms with van der Waals surface area (Å²) in [5.74, 6) is -0.0410. The van der Waals surface area contributed by atoms with E-state index in [1.807, 2.05) is 6.07 Å². The average molecular weight is 335 g/mol. The van der Waals surface area contributed by atoms with Gasteiger partial charge in [-0.15, -0.1) is 11.3 Å². The molecule has 0 bridgehead atoms. The predicted molar refractivity (Wildman–Crippen MR) is 83.7 cm³/mol. The van der Waals surface area contributed by atoms with E-state index in [2.05, 4.69) is 10.1 Å². The normalized spacial score (nSPS) is 10.9. The fraction of sp³-hybridized carbons (Fsp3) is 0.267. The van der Waals surface area contributed by atoms with Crippen molar-refractivity contribution >= 4 is 22.1 Å². The lowest BCUT2D eigenvalue weighted by atomic mass is 10.3. The van der Waals surface area contributed by atoms with Gasteiger partial charge in [0.25, 0.3) is 0 Å². The van der Waals surface area contributed by atoms with E-state index in [-0.39, 0.29) is 6.61 Å². The number of thiazole rings is 1. The quantitative estimate of drug-likeness (QED) is 0.648. The molecule has 3 aromatic rings. The van der Waals surface area contributed by atoms with E-state index in [1.54, 1.807) is 29.8 Å². The van der Waals surface area contributed by atoms with Crippen molar-refractivity contribution in [1.82, 2.24) is 14.6 Å². The molecule has 0 atom stereocenters. The summed E-state index contributed by atoms with van der Waals surface area (Å²) in [6.45, 7) is 1.47. The van der Waals surface area contributed by atoms with E-state index in [9.17, 15) is 9.18 Å². The first-order valence-corrected chi connectivity index (χ1v) is 7.85. The molecule has 0 aliphatic rings. The lowest BCUT2D eigenvalue weighted by molar-refractivity contribution is 0.0529. The van der Waals surface area contributed by atoms with Gasteiger partial charge >= 0.3 is 5.97 Å². The van der Waals surface area contributed by atoms with Crippen molar-refractivity contribution in [3.8, 4) is 16.5 Å². The molecule has 0 fully saturated rings. The minimum atomic E-state index is -0.568. The maximum atomic E-state index is 12.2. The van der Waals surface area contributed by atoms with Crippen LogP contribution < -0.4 is 4.74 Å². The van der Waals surface area contributed by atoms with Gasteiger partial charge in [0.05, 0.1) is 23.4 Å². The molecule has 120 valence electrons. The Morgan fingerprint density at radius 3 is 3.09 bits per heavy atom. The van der Waals surface area contributed by atoms with Gasteiger partial charge in [0.2, 0.25) is 5.88 Å². The summed E-state index contributed by atoms with van der Waals surface area (Å²) in [5, 5.41) is 4.16. The minimum Gasteiger partial charge on any atom is -0.475 e. The molecular weight excluding hydrogens is 321 g/mol. The van der Waals surface area contributed by atoms with Crippen LogP contribution >= 0.6 is 11.3 Å². The molecule has 8 heteroatoms. The fourth-order valence-electron chi connectivity index (χ4n) is 2.03. The van der Waals surface area contributed by atoms with Crippen LogP contribution in [0.5, 0.6) is 5.88 Å². The Labute approximate surface area is 135 Å². The standard InChI is InChI=1S/C15H14FN3O3S/c1-2-21-15(20)10-8-17-19-9-12(23-14(10)19)11-4-3-5-13(18-11)22-7-6-16/h3-5,8-9H,2,6-7H2,1H3. The highest BCUT2D eigenvalue weighted by Crippen LogP contribution is 2.30. The molecule has 3 aromatic heterocycles. The molecule has 0 aliphatic carbocycles. The Balaban J connectivity index is 1.93. The van der Waals surface area contributed by atoms with Gasteiger partial charge in [0.15, 0.2) is 0 Å². The number of halogens is 1. The highest BCUT2D eigenvalue weighted by Gasteiger charge is 2.17. The molecule has 0 spiro atoms. The van der Waals surface area contributed by atoms with Crippen molar-refractivity contribution in [1.29, 1.82) is 0 Å². The Bertz CT molecular complexity index is 830. The van der Waals surface area contributed by atoms with Gasteiger partial charge in [-0.3, -0.25) is 0 Å². The summed E-state index contributed by atoms with van der Waals surface area (Å²) < 4.78 is 24.0. The van der Waals surface area contributed by atoms with Crippen molar-refractivity contribution in [3.63, 3.8) is 0 Å². The lowest BCUT2D eigenvalue weighted by Crippen LogP contribution is -2.03. The van der Waals surface area contributed by atoms with E-state index in [0.717, 1.165) is 4.88 Å². The Morgan fingerprint density at radius 2 is 2.30 bits per heavy atom. The van der Waals surface area contributed by atoms with Crippen molar-refractivity contribution in [3.05, 3.63) is 36.2 Å². The van der Waals surface area contributed by atoms with Gasteiger partial charge in [-0.05, 0) is 13.0 Å². The highest BCUT2D eigenvalue weighted by molar-refractivity contribution is 7.21. The number of fused-ring (bicyclic) bond motifs is 1. The number of nitrogens with zero attached hydrogens (tertiary/aromatic N) is 3. The molecule has 3 heterocycles. The predicted octanol–water partition coefficient (Wildman–Crippen LogP) is 2.98. The number of esters is 1. The first-order valence-electron chi connectivity index (χ1n) is 7.03. The molecule has 6 nitrogen and oxygen atoms in total. The van der Waals surface area contributed by atoms with Crippen molar-refractivity contribution < 1.29 is 18.7 Å². The summed E-state index contributed by atoms with van der Waals surface area (Å²) in [7, 11) is 0. The molecule has 3 rings (SSSR count). The number of ether oxygens (including phenoxy) is 2. The SMILES string of the molecule is CCOC(=O)c1cnn2cc(-c3cccc(OCCF)n3)sc12. The minimum absolute atomic E-state index is 0.0305. The van der Waals surface area contributed by atoms with Gasteiger partial charge in [-0.2, -0.15) is 5.10 Å². The highest BCUT2D eigenvalue weighted by atomic mass is 32.1. The van der Waals surface area contributed by atoms with E-state index in [0.29, 0.717) is 28.6 Å². The third kappa shape index (κ3) is 3.16. The maximum absolute atomic E-state index is 12.2. The number of hydrogen-bond donors (Lipinski definition) is 0. The third-order valence-corrected chi connectivity index (χ3v) is 4.13. The zero-order valence-corrected chi connectivity index (χ0v) is 13.2. The van der Waals surface area contributed by atoms with Crippen LogP contribution in [-0.2, 0) is 4.74 Å². The number of rotatable bonds is 6. The van der Waals surface area contributed by atoms with Crippen LogP contribution in [0.1, 0.15) is 17.3 Å². The second-order valence-electron chi connectivity index (χ2n) is 4.52. The molecule has 0 radical (unpaired) electrons. The van der Waals surface area contributed by atoms with Crippen LogP contribution in [0.25, 0.3) is 15.4 Å². The Hall–Kier alpha value is -2.48. The summed E-state index contributed by atoms with van der Waals surface area (Å²) in [6.07, 6.45) is 3.27. The summed E-state index contributed by atoms with van der Waals surface area (Å²) in [5.41, 5.74) is 1.10. The van der Waals surface area contributed by atoms with Gasteiger partial charge in [-0.1, -0.05) is 6.07 Å². The van der Waals surface area contributed by atoms with E-state index < -0.39 is 12.6 Å². The number of carbonyl (C=O) groups excluding carboxylic acids is 1. The zero-order valence-electron chi connectivity index (χ0n) is 12.4. The first-order chi connectivity index (χ1) is 11.2. The van der Waals surface area contributed by atoms with Gasteiger partial charge in [0.1, 0.15) is 23.7 Å². The zero-order chi connectivity index (χ0) is 16.2. The lowest BCUT2D eigenvalue weighted by Gasteiger charge is -2.03. The van der Waals surface area contributed by atoms with Crippen LogP contribution in [0.15, 0.2) is 30.6 Å². The largest absolute Gasteiger partial charge is 0.475 e. The van der Waals surface area contributed by atoms with Crippen LogP contribution in [0.2, 0.25) is 0 Å². The van der Waals surface area contributed by atoms with Crippen LogP contribution in [-0.4, -0.2) is 40.5 Å². The molecule has 0 saturated heterocycles. The van der Waals surface area contributed by atoms with Gasteiger partial charge in [0, 0.05) is 12.3 Å². The second kappa shape index (κ2) is 6.74. The maximum Gasteiger partial charge on any atom is 0.342 e. The number of hydrogen-bond acceptors (Lipinski definition) is 6. The number of pyridine rings is 1. The van der Waals surface area contributed by atoms with Gasteiger partial charge in [-0.25, -0.2) is 18.7 Å². The van der Waals surface area contributed by atoms with Crippen molar-refractivity contribution in [2.75, 3.05) is 19.9 Å². The summed E-state index contributed by atoms with van der Waals surface area (Å²) in [6, 6.07) is 5.27. The van der Waals surface area contributed by atoms with Crippen LogP contribution in [0, 0.1) is 0 Å². The molecule has 0 unspecified atom stereocenters. The summed E-state index contributed by atoms with van der Waals surface area (Å²) in [4.78, 5) is 17.7. The van der Waals surface area contributed by atoms with Crippen molar-refractivity contribution in [2.24, 2.45) is 0 Å². The van der Waals surface area contributed by atoms with Gasteiger partial charge < -0.3 is 9.47 Å². The Kier molecular flexibility index (Phi) is 4.52. The molecule has 0 N–H and O–H groups in total. The third-order valence-electron chi connectivity index (χ3n) is 2.99. The fourth-order valence-corrected chi connectivity index (χ4v) is 3.05. The average Bonchev–Trinajstić information content (AvgIpc) is 3.13.